The molecule has 4 rings (SSSR count). The number of nitrogens with zero attached hydrogens (tertiary/aromatic N) is 3. The molecule has 1 fully saturated rings. The van der Waals surface area contributed by atoms with Crippen molar-refractivity contribution in [3.63, 3.8) is 0 Å². The van der Waals surface area contributed by atoms with Crippen LogP contribution in [-0.4, -0.2) is 26.8 Å². The van der Waals surface area contributed by atoms with Crippen molar-refractivity contribution in [1.29, 1.82) is 0 Å². The molecule has 0 bridgehead atoms. The molecular weight excluding hydrogens is 319 g/mol. The molecule has 0 amide bonds. The summed E-state index contributed by atoms with van der Waals surface area (Å²) in [5.74, 6) is 0.594. The Balaban J connectivity index is 1.60. The molecule has 5 nitrogen and oxygen atoms in total. The van der Waals surface area contributed by atoms with Crippen LogP contribution in [-0.2, 0) is 6.54 Å². The Kier molecular flexibility index (Phi) is 4.36. The van der Waals surface area contributed by atoms with E-state index < -0.39 is 0 Å². The summed E-state index contributed by atoms with van der Waals surface area (Å²) in [4.78, 5) is 2.41. The second kappa shape index (κ2) is 6.80. The van der Waals surface area contributed by atoms with Crippen LogP contribution in [0.3, 0.4) is 0 Å². The second-order valence-electron chi connectivity index (χ2n) is 6.63. The number of rotatable bonds is 4. The van der Waals surface area contributed by atoms with Gasteiger partial charge in [-0.2, -0.15) is 5.10 Å². The van der Waals surface area contributed by atoms with E-state index in [4.69, 9.17) is 4.52 Å². The van der Waals surface area contributed by atoms with E-state index in [2.05, 4.69) is 20.3 Å². The average molecular weight is 340 g/mol. The Hall–Kier alpha value is -2.47. The normalized spacial score (nSPS) is 18.6. The van der Waals surface area contributed by atoms with Gasteiger partial charge in [0.1, 0.15) is 17.3 Å². The minimum absolute atomic E-state index is 0.244. The number of hydrogen-bond donors (Lipinski definition) is 1. The first-order valence-electron chi connectivity index (χ1n) is 8.66. The smallest absolute Gasteiger partial charge is 0.133 e. The molecule has 1 aliphatic rings. The van der Waals surface area contributed by atoms with Crippen LogP contribution in [0.2, 0.25) is 0 Å². The molecule has 130 valence electrons. The predicted molar refractivity (Wildman–Crippen MR) is 92.2 cm³/mol. The maximum atomic E-state index is 13.6. The van der Waals surface area contributed by atoms with Gasteiger partial charge >= 0.3 is 0 Å². The maximum absolute atomic E-state index is 13.6. The van der Waals surface area contributed by atoms with Crippen molar-refractivity contribution in [1.82, 2.24) is 20.3 Å². The molecule has 0 aliphatic carbocycles. The number of benzene rings is 1. The quantitative estimate of drug-likeness (QED) is 0.772. The Morgan fingerprint density at radius 3 is 3.04 bits per heavy atom. The molecule has 1 aliphatic heterocycles. The highest BCUT2D eigenvalue weighted by Crippen LogP contribution is 2.33. The van der Waals surface area contributed by atoms with Gasteiger partial charge in [0.05, 0.1) is 17.9 Å². The monoisotopic (exact) mass is 340 g/mol. The standard InChI is InChI=1S/C19H21FN4O/c1-13-9-17(23-25-13)18-7-2-3-8-24(18)12-15-11-21-22-19(15)14-5-4-6-16(20)10-14/h4-6,9-11,18H,2-3,7-8,12H2,1H3,(H,21,22)/t18-/m0/s1. The summed E-state index contributed by atoms with van der Waals surface area (Å²) in [7, 11) is 0. The molecule has 0 saturated carbocycles. The molecular formula is C19H21FN4O. The van der Waals surface area contributed by atoms with Crippen molar-refractivity contribution < 1.29 is 8.91 Å². The van der Waals surface area contributed by atoms with Crippen LogP contribution in [0.5, 0.6) is 0 Å². The van der Waals surface area contributed by atoms with Crippen molar-refractivity contribution in [2.24, 2.45) is 0 Å². The van der Waals surface area contributed by atoms with Crippen molar-refractivity contribution >= 4 is 0 Å². The van der Waals surface area contributed by atoms with Gasteiger partial charge in [0.25, 0.3) is 0 Å². The SMILES string of the molecule is Cc1cc([C@@H]2CCCCN2Cc2cn[nH]c2-c2cccc(F)c2)no1. The Morgan fingerprint density at radius 1 is 1.32 bits per heavy atom. The van der Waals surface area contributed by atoms with E-state index in [1.165, 1.54) is 25.0 Å². The topological polar surface area (TPSA) is 58.0 Å². The van der Waals surface area contributed by atoms with E-state index in [0.29, 0.717) is 0 Å². The van der Waals surface area contributed by atoms with Gasteiger partial charge in [0, 0.05) is 23.7 Å². The van der Waals surface area contributed by atoms with Crippen molar-refractivity contribution in [3.8, 4) is 11.3 Å². The van der Waals surface area contributed by atoms with Gasteiger partial charge in [-0.3, -0.25) is 10.00 Å². The van der Waals surface area contributed by atoms with Crippen LogP contribution in [0.4, 0.5) is 4.39 Å². The second-order valence-corrected chi connectivity index (χ2v) is 6.63. The zero-order valence-electron chi connectivity index (χ0n) is 14.2. The summed E-state index contributed by atoms with van der Waals surface area (Å²) in [5, 5.41) is 11.4. The largest absolute Gasteiger partial charge is 0.361 e. The van der Waals surface area contributed by atoms with E-state index in [0.717, 1.165) is 47.8 Å². The zero-order valence-corrected chi connectivity index (χ0v) is 14.2. The first-order valence-corrected chi connectivity index (χ1v) is 8.66. The summed E-state index contributed by atoms with van der Waals surface area (Å²) in [6.07, 6.45) is 5.26. The Bertz CT molecular complexity index is 856. The predicted octanol–water partition coefficient (Wildman–Crippen LogP) is 4.24. The molecule has 1 N–H and O–H groups in total. The molecule has 1 atom stereocenters. The van der Waals surface area contributed by atoms with Crippen LogP contribution in [0.1, 0.15) is 42.3 Å². The fraction of sp³-hybridized carbons (Fsp3) is 0.368. The lowest BCUT2D eigenvalue weighted by Gasteiger charge is -2.34. The third-order valence-electron chi connectivity index (χ3n) is 4.81. The number of likely N-dealkylation sites (tertiary alicyclic amines) is 1. The number of H-pyrrole nitrogens is 1. The highest BCUT2D eigenvalue weighted by Gasteiger charge is 2.27. The van der Waals surface area contributed by atoms with E-state index in [1.54, 1.807) is 6.07 Å². The van der Waals surface area contributed by atoms with Crippen LogP contribution in [0.25, 0.3) is 11.3 Å². The molecule has 25 heavy (non-hydrogen) atoms. The summed E-state index contributed by atoms with van der Waals surface area (Å²) >= 11 is 0. The van der Waals surface area contributed by atoms with Gasteiger partial charge in [-0.25, -0.2) is 4.39 Å². The number of piperidine rings is 1. The molecule has 0 radical (unpaired) electrons. The number of aryl methyl sites for hydroxylation is 1. The van der Waals surface area contributed by atoms with Gasteiger partial charge in [-0.15, -0.1) is 0 Å². The highest BCUT2D eigenvalue weighted by molar-refractivity contribution is 5.62. The minimum Gasteiger partial charge on any atom is -0.361 e. The molecule has 0 spiro atoms. The summed E-state index contributed by atoms with van der Waals surface area (Å²) < 4.78 is 18.8. The average Bonchev–Trinajstić information content (AvgIpc) is 3.24. The number of aromatic amines is 1. The highest BCUT2D eigenvalue weighted by atomic mass is 19.1. The lowest BCUT2D eigenvalue weighted by Crippen LogP contribution is -2.33. The number of hydrogen-bond acceptors (Lipinski definition) is 4. The minimum atomic E-state index is -0.244. The molecule has 3 aromatic rings. The number of nitrogens with one attached hydrogen (secondary N) is 1. The summed E-state index contributed by atoms with van der Waals surface area (Å²) in [5.41, 5.74) is 3.75. The Morgan fingerprint density at radius 2 is 2.24 bits per heavy atom. The van der Waals surface area contributed by atoms with Crippen LogP contribution >= 0.6 is 0 Å². The van der Waals surface area contributed by atoms with Crippen molar-refractivity contribution in [2.75, 3.05) is 6.54 Å². The van der Waals surface area contributed by atoms with Crippen LogP contribution in [0.15, 0.2) is 41.1 Å². The molecule has 6 heteroatoms. The van der Waals surface area contributed by atoms with Gasteiger partial charge in [0.2, 0.25) is 0 Å². The van der Waals surface area contributed by atoms with Gasteiger partial charge in [-0.1, -0.05) is 23.7 Å². The van der Waals surface area contributed by atoms with Crippen LogP contribution in [0, 0.1) is 12.7 Å². The number of aromatic nitrogens is 3. The van der Waals surface area contributed by atoms with Gasteiger partial charge < -0.3 is 4.52 Å². The Labute approximate surface area is 145 Å². The van der Waals surface area contributed by atoms with Crippen LogP contribution < -0.4 is 0 Å². The first kappa shape index (κ1) is 16.0. The molecule has 3 heterocycles. The molecule has 0 unspecified atom stereocenters. The van der Waals surface area contributed by atoms with E-state index in [1.807, 2.05) is 25.3 Å². The van der Waals surface area contributed by atoms with E-state index in [9.17, 15) is 4.39 Å². The lowest BCUT2D eigenvalue weighted by molar-refractivity contribution is 0.134. The van der Waals surface area contributed by atoms with Gasteiger partial charge in [0.15, 0.2) is 0 Å². The van der Waals surface area contributed by atoms with E-state index >= 15 is 0 Å². The third kappa shape index (κ3) is 3.35. The zero-order chi connectivity index (χ0) is 17.2. The molecule has 2 aromatic heterocycles. The summed E-state index contributed by atoms with van der Waals surface area (Å²) in [6.45, 7) is 3.67. The fourth-order valence-electron chi connectivity index (χ4n) is 3.60. The van der Waals surface area contributed by atoms with E-state index in [-0.39, 0.29) is 11.9 Å². The van der Waals surface area contributed by atoms with Crippen molar-refractivity contribution in [2.45, 2.75) is 38.8 Å². The van der Waals surface area contributed by atoms with Crippen molar-refractivity contribution in [3.05, 3.63) is 59.4 Å². The maximum Gasteiger partial charge on any atom is 0.133 e. The summed E-state index contributed by atoms with van der Waals surface area (Å²) in [6, 6.07) is 8.87. The van der Waals surface area contributed by atoms with Gasteiger partial charge in [-0.05, 0) is 38.4 Å². The first-order chi connectivity index (χ1) is 12.2. The molecule has 1 aromatic carbocycles. The molecule has 1 saturated heterocycles. The fourth-order valence-corrected chi connectivity index (χ4v) is 3.60. The third-order valence-corrected chi connectivity index (χ3v) is 4.81. The number of halogens is 1. The lowest BCUT2D eigenvalue weighted by atomic mass is 9.98.